The molecule has 50 heavy (non-hydrogen) atoms. The van der Waals surface area contributed by atoms with Gasteiger partial charge in [-0.2, -0.15) is 0 Å². The van der Waals surface area contributed by atoms with Crippen LogP contribution >= 0.6 is 23.5 Å². The molecule has 0 radical (unpaired) electrons. The summed E-state index contributed by atoms with van der Waals surface area (Å²) in [6, 6.07) is 20.9. The van der Waals surface area contributed by atoms with Crippen molar-refractivity contribution in [3.63, 3.8) is 0 Å². The zero-order valence-corrected chi connectivity index (χ0v) is 31.5. The number of aliphatic imine (C=N–C) groups is 2. The number of thioether (sulfide) groups is 2. The molecule has 0 fully saturated rings. The van der Waals surface area contributed by atoms with Crippen LogP contribution in [-0.4, -0.2) is 81.4 Å². The van der Waals surface area contributed by atoms with Gasteiger partial charge in [0.1, 0.15) is 11.7 Å². The first kappa shape index (κ1) is 40.0. The SMILES string of the molecule is CCCSC(=O)N(CC)C(=NCC)c1ccc(NC(=O)c2ccc(C(=O)Nc3ccc(C(=NCC)N(CC)C(=O)SCCC)cc3)cc2)cc1. The number of benzene rings is 3. The Kier molecular flexibility index (Phi) is 16.8. The molecule has 0 saturated carbocycles. The maximum absolute atomic E-state index is 13.0. The van der Waals surface area contributed by atoms with Gasteiger partial charge in [-0.15, -0.1) is 0 Å². The zero-order valence-electron chi connectivity index (χ0n) is 29.8. The lowest BCUT2D eigenvalue weighted by atomic mass is 10.1. The minimum atomic E-state index is -0.318. The fourth-order valence-corrected chi connectivity index (χ4v) is 6.31. The van der Waals surface area contributed by atoms with Crippen molar-refractivity contribution in [2.45, 2.75) is 54.4 Å². The number of nitrogens with zero attached hydrogens (tertiary/aromatic N) is 4. The molecule has 266 valence electrons. The van der Waals surface area contributed by atoms with Crippen molar-refractivity contribution in [2.75, 3.05) is 48.3 Å². The van der Waals surface area contributed by atoms with Gasteiger partial charge in [0.2, 0.25) is 0 Å². The van der Waals surface area contributed by atoms with Crippen molar-refractivity contribution in [3.05, 3.63) is 95.1 Å². The van der Waals surface area contributed by atoms with Crippen LogP contribution in [0.1, 0.15) is 86.2 Å². The fourth-order valence-electron chi connectivity index (χ4n) is 4.81. The number of nitrogens with one attached hydrogen (secondary N) is 2. The Morgan fingerprint density at radius 3 is 1.12 bits per heavy atom. The highest BCUT2D eigenvalue weighted by Gasteiger charge is 2.21. The summed E-state index contributed by atoms with van der Waals surface area (Å²) in [5.41, 5.74) is 3.55. The monoisotopic (exact) mass is 716 g/mol. The van der Waals surface area contributed by atoms with Gasteiger partial charge in [0.05, 0.1) is 0 Å². The van der Waals surface area contributed by atoms with E-state index in [9.17, 15) is 19.2 Å². The summed E-state index contributed by atoms with van der Waals surface area (Å²) in [6.07, 6.45) is 1.82. The van der Waals surface area contributed by atoms with Gasteiger partial charge in [0.15, 0.2) is 0 Å². The predicted molar refractivity (Wildman–Crippen MR) is 210 cm³/mol. The Labute approximate surface area is 304 Å². The van der Waals surface area contributed by atoms with Crippen LogP contribution in [0.3, 0.4) is 0 Å². The molecule has 0 spiro atoms. The summed E-state index contributed by atoms with van der Waals surface area (Å²) < 4.78 is 0. The normalized spacial score (nSPS) is 11.6. The molecule has 10 nitrogen and oxygen atoms in total. The molecule has 3 rings (SSSR count). The van der Waals surface area contributed by atoms with Crippen LogP contribution in [0.25, 0.3) is 0 Å². The van der Waals surface area contributed by atoms with Gasteiger partial charge in [-0.3, -0.25) is 39.0 Å². The molecule has 0 aliphatic heterocycles. The maximum atomic E-state index is 13.0. The molecule has 3 aromatic carbocycles. The van der Waals surface area contributed by atoms with E-state index in [1.807, 2.05) is 65.8 Å². The maximum Gasteiger partial charge on any atom is 0.287 e. The van der Waals surface area contributed by atoms with Gasteiger partial charge < -0.3 is 10.6 Å². The highest BCUT2D eigenvalue weighted by molar-refractivity contribution is 8.13. The van der Waals surface area contributed by atoms with Crippen molar-refractivity contribution in [2.24, 2.45) is 9.98 Å². The molecule has 0 aliphatic carbocycles. The molecular weight excluding hydrogens is 669 g/mol. The molecule has 3 aromatic rings. The average molecular weight is 717 g/mol. The second kappa shape index (κ2) is 20.9. The molecular formula is C38H48N6O4S2. The molecule has 12 heteroatoms. The quantitative estimate of drug-likeness (QED) is 0.127. The van der Waals surface area contributed by atoms with E-state index >= 15 is 0 Å². The lowest BCUT2D eigenvalue weighted by Gasteiger charge is -2.23. The lowest BCUT2D eigenvalue weighted by Crippen LogP contribution is -2.35. The Bertz CT molecular complexity index is 1520. The van der Waals surface area contributed by atoms with Crippen LogP contribution in [0, 0.1) is 0 Å². The third-order valence-electron chi connectivity index (χ3n) is 7.27. The van der Waals surface area contributed by atoms with Crippen molar-refractivity contribution in [1.82, 2.24) is 9.80 Å². The first-order chi connectivity index (χ1) is 24.2. The molecule has 0 aromatic heterocycles. The van der Waals surface area contributed by atoms with Crippen LogP contribution in [0.15, 0.2) is 82.8 Å². The van der Waals surface area contributed by atoms with Crippen LogP contribution < -0.4 is 10.6 Å². The Morgan fingerprint density at radius 2 is 0.840 bits per heavy atom. The van der Waals surface area contributed by atoms with E-state index in [0.29, 0.717) is 60.4 Å². The number of hydrogen-bond donors (Lipinski definition) is 2. The highest BCUT2D eigenvalue weighted by Crippen LogP contribution is 2.20. The number of rotatable bonds is 14. The molecule has 0 bridgehead atoms. The fraction of sp³-hybridized carbons (Fsp3) is 0.368. The summed E-state index contributed by atoms with van der Waals surface area (Å²) in [5.74, 6) is 2.08. The van der Waals surface area contributed by atoms with Crippen LogP contribution in [0.5, 0.6) is 0 Å². The molecule has 0 unspecified atom stereocenters. The van der Waals surface area contributed by atoms with Gasteiger partial charge in [-0.1, -0.05) is 37.4 Å². The molecule has 0 saturated heterocycles. The van der Waals surface area contributed by atoms with E-state index in [2.05, 4.69) is 20.6 Å². The Morgan fingerprint density at radius 1 is 0.520 bits per heavy atom. The predicted octanol–water partition coefficient (Wildman–Crippen LogP) is 8.89. The van der Waals surface area contributed by atoms with Crippen molar-refractivity contribution >= 4 is 68.9 Å². The highest BCUT2D eigenvalue weighted by atomic mass is 32.2. The lowest BCUT2D eigenvalue weighted by molar-refractivity contribution is 0.101. The largest absolute Gasteiger partial charge is 0.322 e. The first-order valence-corrected chi connectivity index (χ1v) is 19.1. The number of anilines is 2. The summed E-state index contributed by atoms with van der Waals surface area (Å²) in [5, 5.41) is 5.72. The minimum Gasteiger partial charge on any atom is -0.322 e. The van der Waals surface area contributed by atoms with Gasteiger partial charge in [0.25, 0.3) is 22.3 Å². The number of amidine groups is 2. The third kappa shape index (κ3) is 11.3. The van der Waals surface area contributed by atoms with E-state index in [1.54, 1.807) is 58.3 Å². The smallest absolute Gasteiger partial charge is 0.287 e. The van der Waals surface area contributed by atoms with Crippen molar-refractivity contribution in [3.8, 4) is 0 Å². The zero-order chi connectivity index (χ0) is 36.5. The number of carbonyl (C=O) groups excluding carboxylic acids is 4. The summed E-state index contributed by atoms with van der Waals surface area (Å²) in [7, 11) is 0. The van der Waals surface area contributed by atoms with Crippen LogP contribution in [-0.2, 0) is 0 Å². The third-order valence-corrected chi connectivity index (χ3v) is 9.43. The molecule has 0 atom stereocenters. The van der Waals surface area contributed by atoms with E-state index in [1.165, 1.54) is 23.5 Å². The molecule has 2 N–H and O–H groups in total. The van der Waals surface area contributed by atoms with Crippen molar-refractivity contribution < 1.29 is 19.2 Å². The number of hydrogen-bond acceptors (Lipinski definition) is 8. The second-order valence-electron chi connectivity index (χ2n) is 11.0. The van der Waals surface area contributed by atoms with Crippen LogP contribution in [0.2, 0.25) is 0 Å². The summed E-state index contributed by atoms with van der Waals surface area (Å²) in [6.45, 7) is 13.9. The van der Waals surface area contributed by atoms with E-state index < -0.39 is 0 Å². The Balaban J connectivity index is 1.65. The topological polar surface area (TPSA) is 124 Å². The van der Waals surface area contributed by atoms with Gasteiger partial charge in [0, 0.05) is 71.3 Å². The molecule has 4 amide bonds. The first-order valence-electron chi connectivity index (χ1n) is 17.1. The van der Waals surface area contributed by atoms with E-state index in [4.69, 9.17) is 0 Å². The summed E-state index contributed by atoms with van der Waals surface area (Å²) in [4.78, 5) is 64.2. The van der Waals surface area contributed by atoms with Gasteiger partial charge in [-0.05, 0) is 113 Å². The standard InChI is InChI=1S/C38H48N6O4S2/c1-7-25-49-37(47)43(11-5)33(39-9-3)27-17-21-31(22-18-27)41-35(45)29-13-15-30(16-14-29)36(46)42-32-23-19-28(20-24-32)34(40-10-4)44(12-6)38(48)50-26-8-2/h13-24H,7-12,25-26H2,1-6H3,(H,41,45)(H,42,46). The molecule has 0 aliphatic rings. The van der Waals surface area contributed by atoms with Gasteiger partial charge >= 0.3 is 0 Å². The van der Waals surface area contributed by atoms with E-state index in [-0.39, 0.29) is 22.3 Å². The van der Waals surface area contributed by atoms with E-state index in [0.717, 1.165) is 35.5 Å². The molecule has 0 heterocycles. The summed E-state index contributed by atoms with van der Waals surface area (Å²) >= 11 is 2.57. The number of carbonyl (C=O) groups is 4. The number of amides is 4. The average Bonchev–Trinajstić information content (AvgIpc) is 3.13. The van der Waals surface area contributed by atoms with Crippen molar-refractivity contribution in [1.29, 1.82) is 0 Å². The second-order valence-corrected chi connectivity index (χ2v) is 13.0. The Hall–Kier alpha value is -4.42. The van der Waals surface area contributed by atoms with Gasteiger partial charge in [-0.25, -0.2) is 0 Å². The van der Waals surface area contributed by atoms with Crippen LogP contribution in [0.4, 0.5) is 21.0 Å². The minimum absolute atomic E-state index is 0.0324.